The molecule has 2 atom stereocenters. The molecule has 0 N–H and O–H groups in total. The number of nitrogens with zero attached hydrogens (tertiary/aromatic N) is 1. The Morgan fingerprint density at radius 2 is 2.00 bits per heavy atom. The first-order valence-corrected chi connectivity index (χ1v) is 2.98. The van der Waals surface area contributed by atoms with Crippen LogP contribution < -0.4 is 0 Å². The van der Waals surface area contributed by atoms with Crippen LogP contribution in [-0.4, -0.2) is 6.29 Å². The monoisotopic (exact) mass is 124 g/mol. The lowest BCUT2D eigenvalue weighted by molar-refractivity contribution is 0.498. The zero-order valence-electron chi connectivity index (χ0n) is 5.72. The second-order valence-corrected chi connectivity index (χ2v) is 2.28. The second-order valence-electron chi connectivity index (χ2n) is 2.28. The molecule has 49 valence electrons. The number of rotatable bonds is 3. The Bertz CT molecular complexity index is 125. The molecule has 2 unspecified atom stereocenters. The molecule has 1 radical (unpaired) electrons. The molecule has 9 heavy (non-hydrogen) atoms. The van der Waals surface area contributed by atoms with Crippen LogP contribution in [0.25, 0.3) is 0 Å². The molecule has 0 aliphatic heterocycles. The summed E-state index contributed by atoms with van der Waals surface area (Å²) in [5, 5.41) is 8.30. The van der Waals surface area contributed by atoms with E-state index in [2.05, 4.69) is 6.07 Å². The van der Waals surface area contributed by atoms with E-state index in [1.54, 1.807) is 13.8 Å². The lowest BCUT2D eigenvalue weighted by atomic mass is 10.0. The minimum Gasteiger partial charge on any atom is -0.291 e. The van der Waals surface area contributed by atoms with Crippen LogP contribution in [0.3, 0.4) is 0 Å². The first-order valence-electron chi connectivity index (χ1n) is 2.98. The molecule has 0 saturated heterocycles. The lowest BCUT2D eigenvalue weighted by Gasteiger charge is -2.01. The minimum atomic E-state index is -0.0975. The average molecular weight is 124 g/mol. The van der Waals surface area contributed by atoms with Crippen molar-refractivity contribution in [2.75, 3.05) is 0 Å². The molecule has 0 rings (SSSR count). The SMILES string of the molecule is CC([C]=O)CC(C)C#N. The Morgan fingerprint density at radius 1 is 1.44 bits per heavy atom. The Kier molecular flexibility index (Phi) is 3.70. The summed E-state index contributed by atoms with van der Waals surface area (Å²) in [5.41, 5.74) is 0. The van der Waals surface area contributed by atoms with E-state index in [4.69, 9.17) is 5.26 Å². The highest BCUT2D eigenvalue weighted by molar-refractivity contribution is 5.53. The van der Waals surface area contributed by atoms with Gasteiger partial charge in [-0.1, -0.05) is 6.92 Å². The van der Waals surface area contributed by atoms with Crippen molar-refractivity contribution in [1.29, 1.82) is 5.26 Å². The van der Waals surface area contributed by atoms with Crippen molar-refractivity contribution in [3.05, 3.63) is 0 Å². The summed E-state index contributed by atoms with van der Waals surface area (Å²) in [6.45, 7) is 3.56. The Morgan fingerprint density at radius 3 is 2.33 bits per heavy atom. The Hall–Kier alpha value is -0.840. The molecule has 0 aliphatic carbocycles. The molecule has 2 nitrogen and oxygen atoms in total. The summed E-state index contributed by atoms with van der Waals surface area (Å²) in [5.74, 6) is -0.124. The van der Waals surface area contributed by atoms with Gasteiger partial charge in [0.2, 0.25) is 6.29 Å². The third kappa shape index (κ3) is 3.72. The van der Waals surface area contributed by atoms with Gasteiger partial charge in [-0.2, -0.15) is 5.26 Å². The molecule has 0 spiro atoms. The van der Waals surface area contributed by atoms with E-state index in [0.29, 0.717) is 6.42 Å². The minimum absolute atomic E-state index is 0.0264. The van der Waals surface area contributed by atoms with Crippen LogP contribution in [0, 0.1) is 23.2 Å². The van der Waals surface area contributed by atoms with Crippen molar-refractivity contribution >= 4 is 6.29 Å². The number of hydrogen-bond donors (Lipinski definition) is 0. The van der Waals surface area contributed by atoms with Gasteiger partial charge in [0.05, 0.1) is 6.07 Å². The van der Waals surface area contributed by atoms with Gasteiger partial charge in [-0.15, -0.1) is 0 Å². The molecule has 0 bridgehead atoms. The van der Waals surface area contributed by atoms with Crippen LogP contribution in [-0.2, 0) is 4.79 Å². The van der Waals surface area contributed by atoms with E-state index in [-0.39, 0.29) is 11.8 Å². The van der Waals surface area contributed by atoms with Crippen LogP contribution in [0.1, 0.15) is 20.3 Å². The molecule has 0 aromatic carbocycles. The Balaban J connectivity index is 3.49. The summed E-state index contributed by atoms with van der Waals surface area (Å²) in [6, 6.07) is 2.05. The number of nitriles is 1. The van der Waals surface area contributed by atoms with Gasteiger partial charge >= 0.3 is 0 Å². The zero-order chi connectivity index (χ0) is 7.28. The van der Waals surface area contributed by atoms with E-state index in [1.807, 2.05) is 6.29 Å². The first kappa shape index (κ1) is 8.16. The third-order valence-electron chi connectivity index (χ3n) is 1.13. The molecule has 2 heteroatoms. The molecule has 0 saturated carbocycles. The third-order valence-corrected chi connectivity index (χ3v) is 1.13. The predicted octanol–water partition coefficient (Wildman–Crippen LogP) is 1.28. The zero-order valence-corrected chi connectivity index (χ0v) is 5.72. The molecule has 0 amide bonds. The summed E-state index contributed by atoms with van der Waals surface area (Å²) in [6.07, 6.45) is 2.45. The van der Waals surface area contributed by atoms with Gasteiger partial charge in [0.15, 0.2) is 0 Å². The number of hydrogen-bond acceptors (Lipinski definition) is 2. The van der Waals surface area contributed by atoms with Crippen LogP contribution in [0.4, 0.5) is 0 Å². The van der Waals surface area contributed by atoms with Crippen LogP contribution in [0.5, 0.6) is 0 Å². The lowest BCUT2D eigenvalue weighted by Crippen LogP contribution is -2.01. The van der Waals surface area contributed by atoms with Crippen LogP contribution in [0.15, 0.2) is 0 Å². The first-order chi connectivity index (χ1) is 4.20. The van der Waals surface area contributed by atoms with E-state index < -0.39 is 0 Å². The Labute approximate surface area is 55.5 Å². The maximum atomic E-state index is 9.92. The fraction of sp³-hybridized carbons (Fsp3) is 0.714. The standard InChI is InChI=1S/C7H10NO/c1-6(4-8)3-7(2)5-9/h6-7H,3H2,1-2H3. The van der Waals surface area contributed by atoms with Gasteiger partial charge < -0.3 is 0 Å². The molecule has 0 aromatic heterocycles. The van der Waals surface area contributed by atoms with Gasteiger partial charge in [-0.05, 0) is 13.3 Å². The summed E-state index contributed by atoms with van der Waals surface area (Å²) < 4.78 is 0. The van der Waals surface area contributed by atoms with E-state index in [9.17, 15) is 4.79 Å². The van der Waals surface area contributed by atoms with Crippen molar-refractivity contribution in [2.24, 2.45) is 11.8 Å². The van der Waals surface area contributed by atoms with Crippen molar-refractivity contribution in [2.45, 2.75) is 20.3 Å². The van der Waals surface area contributed by atoms with Gasteiger partial charge in [-0.25, -0.2) is 0 Å². The van der Waals surface area contributed by atoms with E-state index >= 15 is 0 Å². The average Bonchev–Trinajstić information content (AvgIpc) is 1.87. The summed E-state index contributed by atoms with van der Waals surface area (Å²) in [7, 11) is 0. The largest absolute Gasteiger partial charge is 0.291 e. The predicted molar refractivity (Wildman–Crippen MR) is 34.3 cm³/mol. The second kappa shape index (κ2) is 4.08. The van der Waals surface area contributed by atoms with Gasteiger partial charge in [0, 0.05) is 11.8 Å². The van der Waals surface area contributed by atoms with Crippen molar-refractivity contribution in [1.82, 2.24) is 0 Å². The molecular weight excluding hydrogens is 114 g/mol. The molecule has 0 aliphatic rings. The highest BCUT2D eigenvalue weighted by atomic mass is 16.1. The highest BCUT2D eigenvalue weighted by Crippen LogP contribution is 2.07. The van der Waals surface area contributed by atoms with Crippen molar-refractivity contribution in [3.8, 4) is 6.07 Å². The highest BCUT2D eigenvalue weighted by Gasteiger charge is 2.05. The van der Waals surface area contributed by atoms with Gasteiger partial charge in [0.1, 0.15) is 0 Å². The summed E-state index contributed by atoms with van der Waals surface area (Å²) in [4.78, 5) is 9.92. The van der Waals surface area contributed by atoms with E-state index in [1.165, 1.54) is 0 Å². The quantitative estimate of drug-likeness (QED) is 0.568. The fourth-order valence-electron chi connectivity index (χ4n) is 0.631. The molecule has 0 aromatic rings. The van der Waals surface area contributed by atoms with Gasteiger partial charge in [-0.3, -0.25) is 4.79 Å². The maximum absolute atomic E-state index is 9.92. The van der Waals surface area contributed by atoms with E-state index in [0.717, 1.165) is 0 Å². The molecular formula is C7H10NO. The number of carbonyl (C=O) groups excluding carboxylic acids is 1. The van der Waals surface area contributed by atoms with Gasteiger partial charge in [0.25, 0.3) is 0 Å². The summed E-state index contributed by atoms with van der Waals surface area (Å²) >= 11 is 0. The van der Waals surface area contributed by atoms with Crippen LogP contribution in [0.2, 0.25) is 0 Å². The van der Waals surface area contributed by atoms with Crippen molar-refractivity contribution in [3.63, 3.8) is 0 Å². The fourth-order valence-corrected chi connectivity index (χ4v) is 0.631. The smallest absolute Gasteiger partial charge is 0.201 e. The van der Waals surface area contributed by atoms with Crippen molar-refractivity contribution < 1.29 is 4.79 Å². The topological polar surface area (TPSA) is 40.9 Å². The van der Waals surface area contributed by atoms with Crippen LogP contribution >= 0.6 is 0 Å². The molecule has 0 heterocycles. The maximum Gasteiger partial charge on any atom is 0.201 e. The normalized spacial score (nSPS) is 15.7. The molecule has 0 fully saturated rings.